The van der Waals surface area contributed by atoms with Gasteiger partial charge >= 0.3 is 0 Å². The summed E-state index contributed by atoms with van der Waals surface area (Å²) in [5.74, 6) is -1.76. The number of benzene rings is 1. The van der Waals surface area contributed by atoms with Gasteiger partial charge < -0.3 is 19.6 Å². The molecule has 2 heterocycles. The molecule has 0 saturated carbocycles. The molecule has 154 valence electrons. The average Bonchev–Trinajstić information content (AvgIpc) is 2.71. The van der Waals surface area contributed by atoms with Crippen LogP contribution >= 0.6 is 0 Å². The Hall–Kier alpha value is -3.33. The van der Waals surface area contributed by atoms with Crippen molar-refractivity contribution >= 4 is 11.8 Å². The van der Waals surface area contributed by atoms with Crippen LogP contribution in [0.5, 0.6) is 5.75 Å². The van der Waals surface area contributed by atoms with Gasteiger partial charge in [0.2, 0.25) is 5.43 Å². The summed E-state index contributed by atoms with van der Waals surface area (Å²) in [6.45, 7) is 1.17. The highest BCUT2D eigenvalue weighted by Crippen LogP contribution is 2.21. The highest BCUT2D eigenvalue weighted by Gasteiger charge is 2.33. The second-order valence-corrected chi connectivity index (χ2v) is 6.92. The standard InChI is InChI=1S/C20H24N4O5/c1-21(11-14-7-5-4-6-8-14)19(27)15-12-24-16(18(26)17(15)25)20(28)23(9-10-29-3)13-22(24)2/h4-8,12,26H,9-11,13H2,1-3H3. The summed E-state index contributed by atoms with van der Waals surface area (Å²) in [6.07, 6.45) is 1.31. The van der Waals surface area contributed by atoms with Crippen LogP contribution in [0.25, 0.3) is 0 Å². The molecule has 9 nitrogen and oxygen atoms in total. The zero-order valence-corrected chi connectivity index (χ0v) is 16.7. The Bertz CT molecular complexity index is 973. The minimum absolute atomic E-state index is 0.165. The average molecular weight is 400 g/mol. The summed E-state index contributed by atoms with van der Waals surface area (Å²) in [5, 5.41) is 12.1. The summed E-state index contributed by atoms with van der Waals surface area (Å²) in [5.41, 5.74) is -0.319. The molecule has 1 aromatic carbocycles. The lowest BCUT2D eigenvalue weighted by Gasteiger charge is -2.37. The Kier molecular flexibility index (Phi) is 5.88. The van der Waals surface area contributed by atoms with Crippen LogP contribution in [0, 0.1) is 0 Å². The smallest absolute Gasteiger partial charge is 0.277 e. The topological polar surface area (TPSA) is 95.3 Å². The van der Waals surface area contributed by atoms with E-state index in [1.54, 1.807) is 19.1 Å². The molecule has 1 aliphatic rings. The van der Waals surface area contributed by atoms with Crippen molar-refractivity contribution in [2.75, 3.05) is 46.0 Å². The third kappa shape index (κ3) is 3.95. The van der Waals surface area contributed by atoms with Gasteiger partial charge in [0.25, 0.3) is 11.8 Å². The van der Waals surface area contributed by atoms with Crippen LogP contribution in [-0.2, 0) is 11.3 Å². The maximum Gasteiger partial charge on any atom is 0.277 e. The number of amides is 2. The fourth-order valence-corrected chi connectivity index (χ4v) is 3.25. The normalized spacial score (nSPS) is 13.4. The molecule has 1 aromatic heterocycles. The van der Waals surface area contributed by atoms with Gasteiger partial charge in [-0.25, -0.2) is 0 Å². The number of nitrogens with zero attached hydrogens (tertiary/aromatic N) is 4. The minimum atomic E-state index is -0.864. The van der Waals surface area contributed by atoms with Gasteiger partial charge in [-0.2, -0.15) is 0 Å². The second kappa shape index (κ2) is 8.36. The van der Waals surface area contributed by atoms with Crippen molar-refractivity contribution in [3.63, 3.8) is 0 Å². The van der Waals surface area contributed by atoms with Crippen molar-refractivity contribution in [3.05, 3.63) is 63.6 Å². The SMILES string of the molecule is COCCN1CN(C)n2cc(C(=O)N(C)Cc3ccccc3)c(=O)c(O)c2C1=O. The predicted octanol–water partition coefficient (Wildman–Crippen LogP) is 0.454. The molecule has 1 aliphatic heterocycles. The molecule has 9 heteroatoms. The van der Waals surface area contributed by atoms with Crippen LogP contribution in [0.15, 0.2) is 41.3 Å². The van der Waals surface area contributed by atoms with Gasteiger partial charge in [0.1, 0.15) is 12.2 Å². The number of hydrogen-bond acceptors (Lipinski definition) is 6. The van der Waals surface area contributed by atoms with E-state index in [2.05, 4.69) is 0 Å². The number of rotatable bonds is 6. The Morgan fingerprint density at radius 2 is 1.93 bits per heavy atom. The Balaban J connectivity index is 1.94. The number of fused-ring (bicyclic) bond motifs is 1. The molecule has 2 aromatic rings. The number of aromatic hydroxyl groups is 1. The van der Waals surface area contributed by atoms with E-state index in [4.69, 9.17) is 4.74 Å². The van der Waals surface area contributed by atoms with Crippen LogP contribution in [0.3, 0.4) is 0 Å². The van der Waals surface area contributed by atoms with Gasteiger partial charge in [0.15, 0.2) is 11.4 Å². The van der Waals surface area contributed by atoms with E-state index in [0.29, 0.717) is 19.7 Å². The minimum Gasteiger partial charge on any atom is -0.502 e. The first-order chi connectivity index (χ1) is 13.8. The number of carbonyl (C=O) groups excluding carboxylic acids is 2. The molecular weight excluding hydrogens is 376 g/mol. The fraction of sp³-hybridized carbons (Fsp3) is 0.350. The lowest BCUT2D eigenvalue weighted by atomic mass is 10.1. The molecule has 0 spiro atoms. The monoisotopic (exact) mass is 400 g/mol. The molecule has 29 heavy (non-hydrogen) atoms. The van der Waals surface area contributed by atoms with Crippen LogP contribution in [-0.4, -0.2) is 72.4 Å². The number of pyridine rings is 1. The molecule has 3 rings (SSSR count). The molecule has 0 saturated heterocycles. The summed E-state index contributed by atoms with van der Waals surface area (Å²) in [7, 11) is 4.80. The van der Waals surface area contributed by atoms with Gasteiger partial charge in [-0.3, -0.25) is 24.1 Å². The summed E-state index contributed by atoms with van der Waals surface area (Å²) < 4.78 is 6.36. The van der Waals surface area contributed by atoms with Crippen molar-refractivity contribution in [2.24, 2.45) is 0 Å². The Labute approximate surface area is 168 Å². The Morgan fingerprint density at radius 1 is 1.24 bits per heavy atom. The van der Waals surface area contributed by atoms with E-state index in [9.17, 15) is 19.5 Å². The molecule has 0 bridgehead atoms. The van der Waals surface area contributed by atoms with Crippen LogP contribution in [0.2, 0.25) is 0 Å². The first kappa shape index (κ1) is 20.4. The van der Waals surface area contributed by atoms with E-state index < -0.39 is 23.0 Å². The van der Waals surface area contributed by atoms with Crippen LogP contribution < -0.4 is 10.4 Å². The highest BCUT2D eigenvalue weighted by atomic mass is 16.5. The Morgan fingerprint density at radius 3 is 2.59 bits per heavy atom. The molecule has 2 amide bonds. The number of methoxy groups -OCH3 is 1. The number of carbonyl (C=O) groups is 2. The molecule has 0 aliphatic carbocycles. The largest absolute Gasteiger partial charge is 0.502 e. The van der Waals surface area contributed by atoms with Gasteiger partial charge in [-0.15, -0.1) is 0 Å². The number of hydrogen-bond donors (Lipinski definition) is 1. The van der Waals surface area contributed by atoms with Crippen LogP contribution in [0.4, 0.5) is 0 Å². The number of ether oxygens (including phenoxy) is 1. The van der Waals surface area contributed by atoms with Gasteiger partial charge in [-0.1, -0.05) is 30.3 Å². The predicted molar refractivity (Wildman–Crippen MR) is 107 cm³/mol. The quantitative estimate of drug-likeness (QED) is 0.757. The van der Waals surface area contributed by atoms with Crippen molar-refractivity contribution in [1.29, 1.82) is 0 Å². The van der Waals surface area contributed by atoms with E-state index in [0.717, 1.165) is 5.56 Å². The third-order valence-corrected chi connectivity index (χ3v) is 4.80. The molecule has 0 radical (unpaired) electrons. The molecular formula is C20H24N4O5. The van der Waals surface area contributed by atoms with E-state index in [1.807, 2.05) is 30.3 Å². The van der Waals surface area contributed by atoms with Crippen molar-refractivity contribution in [1.82, 2.24) is 14.5 Å². The van der Waals surface area contributed by atoms with E-state index >= 15 is 0 Å². The summed E-state index contributed by atoms with van der Waals surface area (Å²) in [6, 6.07) is 9.36. The second-order valence-electron chi connectivity index (χ2n) is 6.92. The molecule has 0 atom stereocenters. The fourth-order valence-electron chi connectivity index (χ4n) is 3.25. The first-order valence-corrected chi connectivity index (χ1v) is 9.12. The number of aromatic nitrogens is 1. The first-order valence-electron chi connectivity index (χ1n) is 9.12. The molecule has 0 unspecified atom stereocenters. The zero-order chi connectivity index (χ0) is 21.1. The van der Waals surface area contributed by atoms with E-state index in [-0.39, 0.29) is 17.9 Å². The third-order valence-electron chi connectivity index (χ3n) is 4.80. The molecule has 0 fully saturated rings. The van der Waals surface area contributed by atoms with E-state index in [1.165, 1.54) is 27.8 Å². The van der Waals surface area contributed by atoms with Crippen molar-refractivity contribution in [2.45, 2.75) is 6.54 Å². The summed E-state index contributed by atoms with van der Waals surface area (Å²) in [4.78, 5) is 41.1. The zero-order valence-electron chi connectivity index (χ0n) is 16.7. The van der Waals surface area contributed by atoms with Gasteiger partial charge in [-0.05, 0) is 5.56 Å². The van der Waals surface area contributed by atoms with Crippen molar-refractivity contribution in [3.8, 4) is 5.75 Å². The maximum atomic E-state index is 12.9. The lowest BCUT2D eigenvalue weighted by molar-refractivity contribution is 0.0627. The van der Waals surface area contributed by atoms with Gasteiger partial charge in [0.05, 0.1) is 6.61 Å². The lowest BCUT2D eigenvalue weighted by Crippen LogP contribution is -2.53. The summed E-state index contributed by atoms with van der Waals surface area (Å²) >= 11 is 0. The van der Waals surface area contributed by atoms with Gasteiger partial charge in [0, 0.05) is 40.5 Å². The van der Waals surface area contributed by atoms with Crippen molar-refractivity contribution < 1.29 is 19.4 Å². The molecule has 1 N–H and O–H groups in total. The highest BCUT2D eigenvalue weighted by molar-refractivity contribution is 5.99. The van der Waals surface area contributed by atoms with Crippen LogP contribution in [0.1, 0.15) is 26.4 Å². The maximum absolute atomic E-state index is 12.9.